The Labute approximate surface area is 87.1 Å². The van der Waals surface area contributed by atoms with Gasteiger partial charge in [-0.3, -0.25) is 0 Å². The maximum absolute atomic E-state index is 5.24. The molecule has 0 radical (unpaired) electrons. The van der Waals surface area contributed by atoms with E-state index in [1.165, 1.54) is 0 Å². The van der Waals surface area contributed by atoms with Gasteiger partial charge in [-0.2, -0.15) is 0 Å². The molecule has 1 heterocycles. The second-order valence-electron chi connectivity index (χ2n) is 2.55. The van der Waals surface area contributed by atoms with Gasteiger partial charge in [0.1, 0.15) is 5.82 Å². The van der Waals surface area contributed by atoms with Gasteiger partial charge in [0, 0.05) is 17.2 Å². The predicted octanol–water partition coefficient (Wildman–Crippen LogP) is 2.30. The molecule has 1 aromatic heterocycles. The maximum atomic E-state index is 5.24. The minimum Gasteiger partial charge on any atom is -0.346 e. The highest BCUT2D eigenvalue weighted by Crippen LogP contribution is 2.13. The molecule has 0 N–H and O–H groups in total. The van der Waals surface area contributed by atoms with Gasteiger partial charge in [0.2, 0.25) is 0 Å². The number of halogens is 1. The average Bonchev–Trinajstić information content (AvgIpc) is 2.16. The zero-order valence-electron chi connectivity index (χ0n) is 7.50. The summed E-state index contributed by atoms with van der Waals surface area (Å²) in [6.45, 7) is 3.53. The summed E-state index contributed by atoms with van der Waals surface area (Å²) in [5.74, 6) is 3.53. The molecule has 13 heavy (non-hydrogen) atoms. The zero-order valence-corrected chi connectivity index (χ0v) is 9.08. The van der Waals surface area contributed by atoms with Gasteiger partial charge >= 0.3 is 0 Å². The normalized spacial score (nSPS) is 9.31. The molecule has 0 aliphatic carbocycles. The molecule has 0 fully saturated rings. The fourth-order valence-corrected chi connectivity index (χ4v) is 1.25. The first-order valence-corrected chi connectivity index (χ1v) is 4.87. The summed E-state index contributed by atoms with van der Waals surface area (Å²) < 4.78 is 0.980. The molecule has 0 aliphatic heterocycles. The molecule has 0 unspecified atom stereocenters. The number of rotatable bonds is 3. The van der Waals surface area contributed by atoms with Gasteiger partial charge in [0.05, 0.1) is 6.54 Å². The van der Waals surface area contributed by atoms with Crippen LogP contribution in [-0.2, 0) is 0 Å². The van der Waals surface area contributed by atoms with E-state index in [1.54, 1.807) is 6.20 Å². The first-order valence-electron chi connectivity index (χ1n) is 4.08. The van der Waals surface area contributed by atoms with Crippen LogP contribution in [0, 0.1) is 12.3 Å². The van der Waals surface area contributed by atoms with Gasteiger partial charge in [-0.05, 0) is 35.0 Å². The highest BCUT2D eigenvalue weighted by atomic mass is 79.9. The maximum Gasteiger partial charge on any atom is 0.129 e. The molecule has 0 aromatic carbocycles. The van der Waals surface area contributed by atoms with E-state index in [-0.39, 0.29) is 0 Å². The second-order valence-corrected chi connectivity index (χ2v) is 3.47. The van der Waals surface area contributed by atoms with Gasteiger partial charge in [-0.15, -0.1) is 6.42 Å². The van der Waals surface area contributed by atoms with E-state index in [1.807, 2.05) is 17.0 Å². The Hall–Kier alpha value is -1.01. The number of hydrogen-bond acceptors (Lipinski definition) is 2. The van der Waals surface area contributed by atoms with E-state index in [4.69, 9.17) is 6.42 Å². The van der Waals surface area contributed by atoms with Crippen LogP contribution < -0.4 is 4.90 Å². The standard InChI is InChI=1S/C10H11BrN2/c1-3-7-13(4-2)10-6-5-9(11)8-12-10/h1,5-6,8H,4,7H2,2H3. The fourth-order valence-electron chi connectivity index (χ4n) is 1.02. The lowest BCUT2D eigenvalue weighted by molar-refractivity contribution is 0.892. The minimum atomic E-state index is 0.602. The number of pyridine rings is 1. The third kappa shape index (κ3) is 2.74. The fraction of sp³-hybridized carbons (Fsp3) is 0.300. The van der Waals surface area contributed by atoms with E-state index >= 15 is 0 Å². The van der Waals surface area contributed by atoms with E-state index in [2.05, 4.69) is 33.8 Å². The Morgan fingerprint density at radius 1 is 1.62 bits per heavy atom. The van der Waals surface area contributed by atoms with Gasteiger partial charge < -0.3 is 4.90 Å². The van der Waals surface area contributed by atoms with Crippen molar-refractivity contribution in [3.8, 4) is 12.3 Å². The van der Waals surface area contributed by atoms with Crippen molar-refractivity contribution in [2.24, 2.45) is 0 Å². The van der Waals surface area contributed by atoms with Crippen LogP contribution in [0.1, 0.15) is 6.92 Å². The van der Waals surface area contributed by atoms with Crippen molar-refractivity contribution in [1.29, 1.82) is 0 Å². The highest BCUT2D eigenvalue weighted by Gasteiger charge is 2.02. The third-order valence-corrected chi connectivity index (χ3v) is 2.17. The Kier molecular flexibility index (Phi) is 3.78. The molecule has 0 spiro atoms. The smallest absolute Gasteiger partial charge is 0.129 e. The van der Waals surface area contributed by atoms with Gasteiger partial charge in [0.25, 0.3) is 0 Å². The molecule has 0 bridgehead atoms. The van der Waals surface area contributed by atoms with Gasteiger partial charge in [0.15, 0.2) is 0 Å². The summed E-state index contributed by atoms with van der Waals surface area (Å²) >= 11 is 3.33. The Bertz CT molecular complexity index is 300. The topological polar surface area (TPSA) is 16.1 Å². The van der Waals surface area contributed by atoms with Crippen LogP contribution in [0.25, 0.3) is 0 Å². The monoisotopic (exact) mass is 238 g/mol. The molecule has 1 rings (SSSR count). The molecule has 2 nitrogen and oxygen atoms in total. The first-order chi connectivity index (χ1) is 6.27. The van der Waals surface area contributed by atoms with E-state index in [0.29, 0.717) is 6.54 Å². The summed E-state index contributed by atoms with van der Waals surface area (Å²) in [4.78, 5) is 6.29. The molecule has 0 aliphatic rings. The van der Waals surface area contributed by atoms with Crippen molar-refractivity contribution >= 4 is 21.7 Å². The van der Waals surface area contributed by atoms with Crippen molar-refractivity contribution in [3.05, 3.63) is 22.8 Å². The quantitative estimate of drug-likeness (QED) is 0.752. The highest BCUT2D eigenvalue weighted by molar-refractivity contribution is 9.10. The van der Waals surface area contributed by atoms with Crippen LogP contribution in [0.5, 0.6) is 0 Å². The number of aromatic nitrogens is 1. The molecular weight excluding hydrogens is 228 g/mol. The number of hydrogen-bond donors (Lipinski definition) is 0. The summed E-state index contributed by atoms with van der Waals surface area (Å²) in [7, 11) is 0. The summed E-state index contributed by atoms with van der Waals surface area (Å²) in [5.41, 5.74) is 0. The summed E-state index contributed by atoms with van der Waals surface area (Å²) in [6, 6.07) is 3.91. The largest absolute Gasteiger partial charge is 0.346 e. The SMILES string of the molecule is C#CCN(CC)c1ccc(Br)cn1. The molecule has 3 heteroatoms. The van der Waals surface area contributed by atoms with E-state index in [9.17, 15) is 0 Å². The van der Waals surface area contributed by atoms with Crippen molar-refractivity contribution in [2.75, 3.05) is 18.0 Å². The Morgan fingerprint density at radius 3 is 2.85 bits per heavy atom. The van der Waals surface area contributed by atoms with Crippen molar-refractivity contribution in [3.63, 3.8) is 0 Å². The minimum absolute atomic E-state index is 0.602. The zero-order chi connectivity index (χ0) is 9.68. The number of terminal acetylenes is 1. The van der Waals surface area contributed by atoms with Crippen LogP contribution in [0.2, 0.25) is 0 Å². The molecular formula is C10H11BrN2. The lowest BCUT2D eigenvalue weighted by Gasteiger charge is -2.18. The van der Waals surface area contributed by atoms with Crippen molar-refractivity contribution < 1.29 is 0 Å². The van der Waals surface area contributed by atoms with E-state index < -0.39 is 0 Å². The van der Waals surface area contributed by atoms with Crippen LogP contribution in [0.15, 0.2) is 22.8 Å². The summed E-state index contributed by atoms with van der Waals surface area (Å²) in [6.07, 6.45) is 7.02. The van der Waals surface area contributed by atoms with Crippen LogP contribution in [0.3, 0.4) is 0 Å². The summed E-state index contributed by atoms with van der Waals surface area (Å²) in [5, 5.41) is 0. The van der Waals surface area contributed by atoms with E-state index in [0.717, 1.165) is 16.8 Å². The number of nitrogens with zero attached hydrogens (tertiary/aromatic N) is 2. The van der Waals surface area contributed by atoms with Crippen molar-refractivity contribution in [2.45, 2.75) is 6.92 Å². The molecule has 0 atom stereocenters. The van der Waals surface area contributed by atoms with Crippen LogP contribution in [0.4, 0.5) is 5.82 Å². The first kappa shape index (κ1) is 10.1. The molecule has 1 aromatic rings. The van der Waals surface area contributed by atoms with Gasteiger partial charge in [-0.25, -0.2) is 4.98 Å². The van der Waals surface area contributed by atoms with Gasteiger partial charge in [-0.1, -0.05) is 5.92 Å². The van der Waals surface area contributed by atoms with Crippen LogP contribution in [-0.4, -0.2) is 18.1 Å². The van der Waals surface area contributed by atoms with Crippen molar-refractivity contribution in [1.82, 2.24) is 4.98 Å². The molecule has 0 saturated carbocycles. The third-order valence-electron chi connectivity index (χ3n) is 1.70. The molecule has 68 valence electrons. The molecule has 0 amide bonds. The Morgan fingerprint density at radius 2 is 2.38 bits per heavy atom. The molecule has 0 saturated heterocycles. The Balaban J connectivity index is 2.80. The lowest BCUT2D eigenvalue weighted by Crippen LogP contribution is -2.23. The van der Waals surface area contributed by atoms with Crippen LogP contribution >= 0.6 is 15.9 Å². The number of anilines is 1. The average molecular weight is 239 g/mol. The second kappa shape index (κ2) is 4.88. The predicted molar refractivity (Wildman–Crippen MR) is 58.7 cm³/mol. The lowest BCUT2D eigenvalue weighted by atomic mass is 10.4.